The van der Waals surface area contributed by atoms with Crippen LogP contribution >= 0.6 is 11.3 Å². The zero-order chi connectivity index (χ0) is 17.8. The second-order valence-corrected chi connectivity index (χ2v) is 8.20. The van der Waals surface area contributed by atoms with Crippen molar-refractivity contribution in [3.8, 4) is 0 Å². The fourth-order valence-electron chi connectivity index (χ4n) is 3.47. The molecular weight excluding hydrogens is 334 g/mol. The Balaban J connectivity index is 1.71. The van der Waals surface area contributed by atoms with E-state index in [0.29, 0.717) is 12.5 Å². The molecule has 0 radical (unpaired) electrons. The summed E-state index contributed by atoms with van der Waals surface area (Å²) in [6.45, 7) is 5.15. The van der Waals surface area contributed by atoms with E-state index in [1.54, 1.807) is 11.3 Å². The number of fused-ring (bicyclic) bond motifs is 3. The number of amides is 1. The first kappa shape index (κ1) is 18.1. The number of nitrogens with zero attached hydrogens (tertiary/aromatic N) is 2. The first-order chi connectivity index (χ1) is 12.1. The Morgan fingerprint density at radius 1 is 1.40 bits per heavy atom. The van der Waals surface area contributed by atoms with Crippen LogP contribution < -0.4 is 10.9 Å². The third-order valence-corrected chi connectivity index (χ3v) is 6.11. The molecule has 2 heterocycles. The molecule has 136 valence electrons. The monoisotopic (exact) mass is 361 g/mol. The van der Waals surface area contributed by atoms with Crippen molar-refractivity contribution in [1.29, 1.82) is 0 Å². The summed E-state index contributed by atoms with van der Waals surface area (Å²) >= 11 is 1.64. The molecule has 5 nitrogen and oxygen atoms in total. The normalized spacial score (nSPS) is 16.8. The predicted molar refractivity (Wildman–Crippen MR) is 102 cm³/mol. The zero-order valence-electron chi connectivity index (χ0n) is 15.1. The minimum atomic E-state index is -0.113. The summed E-state index contributed by atoms with van der Waals surface area (Å²) in [6, 6.07) is 0. The average Bonchev–Trinajstić information content (AvgIpc) is 2.95. The van der Waals surface area contributed by atoms with Crippen LogP contribution in [0.15, 0.2) is 11.1 Å². The molecule has 1 aliphatic carbocycles. The minimum Gasteiger partial charge on any atom is -0.355 e. The molecule has 0 aliphatic heterocycles. The fourth-order valence-corrected chi connectivity index (χ4v) is 4.81. The Morgan fingerprint density at radius 2 is 2.24 bits per heavy atom. The lowest BCUT2D eigenvalue weighted by molar-refractivity contribution is -0.121. The summed E-state index contributed by atoms with van der Waals surface area (Å²) < 4.78 is 1.45. The molecule has 25 heavy (non-hydrogen) atoms. The molecule has 2 aromatic heterocycles. The van der Waals surface area contributed by atoms with E-state index < -0.39 is 0 Å². The van der Waals surface area contributed by atoms with Crippen LogP contribution in [0.4, 0.5) is 0 Å². The van der Waals surface area contributed by atoms with Crippen LogP contribution in [-0.4, -0.2) is 22.0 Å². The third kappa shape index (κ3) is 4.11. The van der Waals surface area contributed by atoms with Gasteiger partial charge in [-0.2, -0.15) is 0 Å². The van der Waals surface area contributed by atoms with E-state index in [9.17, 15) is 9.59 Å². The van der Waals surface area contributed by atoms with Gasteiger partial charge in [0.25, 0.3) is 5.56 Å². The molecule has 1 N–H and O–H groups in total. The molecule has 6 heteroatoms. The lowest BCUT2D eigenvalue weighted by Gasteiger charge is -2.17. The topological polar surface area (TPSA) is 64.0 Å². The number of thiophene rings is 1. The molecule has 0 aromatic carbocycles. The Bertz CT molecular complexity index is 809. The van der Waals surface area contributed by atoms with E-state index in [1.165, 1.54) is 34.2 Å². The molecule has 3 rings (SSSR count). The van der Waals surface area contributed by atoms with Crippen molar-refractivity contribution in [2.75, 3.05) is 6.54 Å². The maximum absolute atomic E-state index is 12.8. The number of rotatable bonds is 7. The van der Waals surface area contributed by atoms with Crippen LogP contribution in [0, 0.1) is 5.92 Å². The molecule has 0 spiro atoms. The van der Waals surface area contributed by atoms with E-state index in [-0.39, 0.29) is 18.0 Å². The molecule has 0 fully saturated rings. The summed E-state index contributed by atoms with van der Waals surface area (Å²) in [4.78, 5) is 31.5. The van der Waals surface area contributed by atoms with E-state index >= 15 is 0 Å². The van der Waals surface area contributed by atoms with Gasteiger partial charge in [0.1, 0.15) is 11.4 Å². The number of unbranched alkanes of at least 4 members (excludes halogenated alkanes) is 3. The molecule has 1 unspecified atom stereocenters. The lowest BCUT2D eigenvalue weighted by Crippen LogP contribution is -2.33. The van der Waals surface area contributed by atoms with E-state index in [1.807, 2.05) is 0 Å². The summed E-state index contributed by atoms with van der Waals surface area (Å²) in [5.74, 6) is 0.554. The smallest absolute Gasteiger partial charge is 0.262 e. The second-order valence-electron chi connectivity index (χ2n) is 7.12. The number of aryl methyl sites for hydroxylation is 1. The minimum absolute atomic E-state index is 0.0522. The van der Waals surface area contributed by atoms with Crippen molar-refractivity contribution in [2.24, 2.45) is 5.92 Å². The summed E-state index contributed by atoms with van der Waals surface area (Å²) in [5, 5.41) is 3.64. The molecule has 1 aliphatic rings. The Morgan fingerprint density at radius 3 is 3.04 bits per heavy atom. The van der Waals surface area contributed by atoms with Gasteiger partial charge in [0.2, 0.25) is 5.91 Å². The van der Waals surface area contributed by atoms with E-state index in [4.69, 9.17) is 0 Å². The summed E-state index contributed by atoms with van der Waals surface area (Å²) in [6.07, 6.45) is 9.11. The van der Waals surface area contributed by atoms with Crippen LogP contribution in [0.2, 0.25) is 0 Å². The number of carbonyl (C=O) groups excluding carboxylic acids is 1. The fraction of sp³-hybridized carbons (Fsp3) is 0.632. The second kappa shape index (κ2) is 8.13. The molecule has 0 saturated carbocycles. The predicted octanol–water partition coefficient (Wildman–Crippen LogP) is 3.28. The molecular formula is C19H27N3O2S. The molecule has 1 amide bonds. The maximum Gasteiger partial charge on any atom is 0.262 e. The Kier molecular flexibility index (Phi) is 5.89. The SMILES string of the molecule is CCCCCCNC(=O)Cn1cnc2sc3c(c2c1=O)CCC(C)C3. The van der Waals surface area contributed by atoms with Crippen LogP contribution in [0.3, 0.4) is 0 Å². The number of hydrogen-bond donors (Lipinski definition) is 1. The number of carbonyl (C=O) groups is 1. The van der Waals surface area contributed by atoms with E-state index in [0.717, 1.165) is 42.3 Å². The highest BCUT2D eigenvalue weighted by Gasteiger charge is 2.23. The highest BCUT2D eigenvalue weighted by atomic mass is 32.1. The number of aromatic nitrogens is 2. The summed E-state index contributed by atoms with van der Waals surface area (Å²) in [7, 11) is 0. The molecule has 0 saturated heterocycles. The quantitative estimate of drug-likeness (QED) is 0.770. The van der Waals surface area contributed by atoms with Crippen molar-refractivity contribution in [2.45, 2.75) is 65.3 Å². The van der Waals surface area contributed by atoms with Crippen LogP contribution in [0.1, 0.15) is 56.4 Å². The van der Waals surface area contributed by atoms with Crippen LogP contribution in [0.5, 0.6) is 0 Å². The van der Waals surface area contributed by atoms with Gasteiger partial charge in [-0.1, -0.05) is 33.1 Å². The van der Waals surface area contributed by atoms with Gasteiger partial charge in [-0.25, -0.2) is 4.98 Å². The van der Waals surface area contributed by atoms with Gasteiger partial charge in [0.15, 0.2) is 0 Å². The summed E-state index contributed by atoms with van der Waals surface area (Å²) in [5.41, 5.74) is 1.10. The Labute approximate surface area is 152 Å². The standard InChI is InChI=1S/C19H27N3O2S/c1-3-4-5-6-9-20-16(23)11-22-12-21-18-17(19(22)24)14-8-7-13(2)10-15(14)25-18/h12-13H,3-11H2,1-2H3,(H,20,23). The molecule has 2 aromatic rings. The molecule has 1 atom stereocenters. The van der Waals surface area contributed by atoms with Gasteiger partial charge in [-0.3, -0.25) is 14.2 Å². The third-order valence-electron chi connectivity index (χ3n) is 4.95. The molecule has 0 bridgehead atoms. The first-order valence-corrected chi connectivity index (χ1v) is 10.2. The van der Waals surface area contributed by atoms with Crippen LogP contribution in [-0.2, 0) is 24.2 Å². The zero-order valence-corrected chi connectivity index (χ0v) is 16.0. The highest BCUT2D eigenvalue weighted by Crippen LogP contribution is 2.35. The first-order valence-electron chi connectivity index (χ1n) is 9.36. The van der Waals surface area contributed by atoms with Gasteiger partial charge in [0, 0.05) is 11.4 Å². The van der Waals surface area contributed by atoms with Crippen molar-refractivity contribution in [1.82, 2.24) is 14.9 Å². The van der Waals surface area contributed by atoms with Gasteiger partial charge in [-0.05, 0) is 37.2 Å². The maximum atomic E-state index is 12.8. The lowest BCUT2D eigenvalue weighted by atomic mass is 9.89. The van der Waals surface area contributed by atoms with Crippen LogP contribution in [0.25, 0.3) is 10.2 Å². The van der Waals surface area contributed by atoms with Crippen molar-refractivity contribution in [3.05, 3.63) is 27.1 Å². The van der Waals surface area contributed by atoms with Crippen molar-refractivity contribution < 1.29 is 4.79 Å². The largest absolute Gasteiger partial charge is 0.355 e. The highest BCUT2D eigenvalue weighted by molar-refractivity contribution is 7.18. The van der Waals surface area contributed by atoms with Crippen molar-refractivity contribution >= 4 is 27.5 Å². The van der Waals surface area contributed by atoms with Gasteiger partial charge in [-0.15, -0.1) is 11.3 Å². The van der Waals surface area contributed by atoms with Gasteiger partial charge < -0.3 is 5.32 Å². The van der Waals surface area contributed by atoms with Gasteiger partial charge >= 0.3 is 0 Å². The number of hydrogen-bond acceptors (Lipinski definition) is 4. The average molecular weight is 362 g/mol. The van der Waals surface area contributed by atoms with Crippen molar-refractivity contribution in [3.63, 3.8) is 0 Å². The Hall–Kier alpha value is -1.69. The number of nitrogens with one attached hydrogen (secondary N) is 1. The van der Waals surface area contributed by atoms with E-state index in [2.05, 4.69) is 24.1 Å². The van der Waals surface area contributed by atoms with Gasteiger partial charge in [0.05, 0.1) is 11.7 Å².